The summed E-state index contributed by atoms with van der Waals surface area (Å²) in [6.07, 6.45) is 11.4. The van der Waals surface area contributed by atoms with E-state index in [0.717, 1.165) is 0 Å². The zero-order chi connectivity index (χ0) is 11.9. The Hall–Kier alpha value is -0.540. The van der Waals surface area contributed by atoms with E-state index in [1.807, 2.05) is 0 Å². The second kappa shape index (κ2) is 4.38. The van der Waals surface area contributed by atoms with Crippen LogP contribution in [0.4, 0.5) is 0 Å². The van der Waals surface area contributed by atoms with Crippen molar-refractivity contribution in [2.75, 3.05) is 25.0 Å². The zero-order valence-electron chi connectivity index (χ0n) is 10.6. The highest BCUT2D eigenvalue weighted by molar-refractivity contribution is 8.16. The minimum absolute atomic E-state index is 0.307. The molecule has 0 spiro atoms. The number of aromatic nitrogens is 1. The van der Waals surface area contributed by atoms with Crippen molar-refractivity contribution < 1.29 is 0 Å². The molecule has 0 bridgehead atoms. The number of nitrogens with zero attached hydrogens (tertiary/aromatic N) is 1. The molecule has 0 atom stereocenters. The van der Waals surface area contributed by atoms with Gasteiger partial charge in [-0.05, 0) is 31.6 Å². The molecular weight excluding hydrogens is 234 g/mol. The van der Waals surface area contributed by atoms with Crippen LogP contribution in [0.1, 0.15) is 5.56 Å². The first-order chi connectivity index (χ1) is 7.54. The second-order valence-electron chi connectivity index (χ2n) is 4.35. The van der Waals surface area contributed by atoms with E-state index >= 15 is 0 Å². The fourth-order valence-corrected chi connectivity index (χ4v) is 4.92. The first-order valence-electron chi connectivity index (χ1n) is 5.29. The molecule has 0 saturated heterocycles. The molecule has 0 N–H and O–H groups in total. The van der Waals surface area contributed by atoms with Crippen molar-refractivity contribution in [3.63, 3.8) is 0 Å². The summed E-state index contributed by atoms with van der Waals surface area (Å²) < 4.78 is 2.38. The van der Waals surface area contributed by atoms with Gasteiger partial charge < -0.3 is 0 Å². The van der Waals surface area contributed by atoms with E-state index in [0.29, 0.717) is 21.8 Å². The number of hydrogen-bond donors (Lipinski definition) is 0. The summed E-state index contributed by atoms with van der Waals surface area (Å²) in [7, 11) is 0.629. The molecule has 3 heteroatoms. The van der Waals surface area contributed by atoms with Gasteiger partial charge in [0, 0.05) is 27.6 Å². The van der Waals surface area contributed by atoms with Gasteiger partial charge in [-0.25, -0.2) is 0 Å². The minimum Gasteiger partial charge on any atom is -0.277 e. The maximum absolute atomic E-state index is 2.38. The van der Waals surface area contributed by atoms with Crippen LogP contribution in [-0.2, 0) is 10.9 Å². The topological polar surface area (TPSA) is 4.41 Å². The van der Waals surface area contributed by atoms with E-state index in [-0.39, 0.29) is 0 Å². The number of pyridine rings is 1. The summed E-state index contributed by atoms with van der Waals surface area (Å²) in [5.41, 5.74) is 2.89. The molecule has 2 aromatic rings. The summed E-state index contributed by atoms with van der Waals surface area (Å²) in [6.45, 7) is 2.28. The maximum Gasteiger partial charge on any atom is 0.235 e. The van der Waals surface area contributed by atoms with Crippen LogP contribution in [0.5, 0.6) is 0 Å². The van der Waals surface area contributed by atoms with Gasteiger partial charge in [0.1, 0.15) is 12.5 Å². The molecule has 0 amide bonds. The monoisotopic (exact) mass is 253 g/mol. The lowest BCUT2D eigenvalue weighted by molar-refractivity contribution is 1.02. The molecular formula is C13H19NS2+. The van der Waals surface area contributed by atoms with Crippen molar-refractivity contribution in [2.24, 2.45) is 0 Å². The fourth-order valence-electron chi connectivity index (χ4n) is 2.29. The van der Waals surface area contributed by atoms with E-state index in [2.05, 4.69) is 60.7 Å². The highest BCUT2D eigenvalue weighted by Crippen LogP contribution is 2.39. The summed E-state index contributed by atoms with van der Waals surface area (Å²) in [5, 5.41) is 1.49. The average Bonchev–Trinajstić information content (AvgIpc) is 2.49. The first-order valence-corrected chi connectivity index (χ1v) is 9.37. The van der Waals surface area contributed by atoms with Crippen LogP contribution in [0.15, 0.2) is 34.3 Å². The second-order valence-corrected chi connectivity index (χ2v) is 8.41. The van der Waals surface area contributed by atoms with Crippen molar-refractivity contribution in [1.29, 1.82) is 0 Å². The van der Waals surface area contributed by atoms with Crippen molar-refractivity contribution in [1.82, 2.24) is 4.40 Å². The van der Waals surface area contributed by atoms with Gasteiger partial charge in [-0.2, -0.15) is 10.9 Å². The van der Waals surface area contributed by atoms with Gasteiger partial charge in [0.05, 0.1) is 5.52 Å². The molecule has 1 nitrogen and oxygen atoms in total. The minimum atomic E-state index is 0.307. The predicted molar refractivity (Wildman–Crippen MR) is 77.3 cm³/mol. The third kappa shape index (κ3) is 1.76. The zero-order valence-corrected chi connectivity index (χ0v) is 12.2. The van der Waals surface area contributed by atoms with E-state index in [4.69, 9.17) is 0 Å². The normalized spacial score (nSPS) is 11.9. The third-order valence-corrected chi connectivity index (χ3v) is 5.38. The van der Waals surface area contributed by atoms with Gasteiger partial charge in [-0.1, -0.05) is 6.07 Å². The molecule has 1 radical (unpaired) electrons. The average molecular weight is 253 g/mol. The molecule has 0 aliphatic carbocycles. The Labute approximate surface area is 104 Å². The lowest BCUT2D eigenvalue weighted by Gasteiger charge is -2.06. The van der Waals surface area contributed by atoms with Crippen molar-refractivity contribution in [3.8, 4) is 0 Å². The Morgan fingerprint density at radius 1 is 1.19 bits per heavy atom. The van der Waals surface area contributed by atoms with Crippen LogP contribution in [-0.4, -0.2) is 29.4 Å². The largest absolute Gasteiger partial charge is 0.277 e. The molecule has 0 aliphatic heterocycles. The maximum atomic E-state index is 2.38. The highest BCUT2D eigenvalue weighted by atomic mass is 32.2. The fraction of sp³-hybridized carbons (Fsp3) is 0.385. The molecule has 0 saturated carbocycles. The molecule has 87 valence electrons. The van der Waals surface area contributed by atoms with Gasteiger partial charge in [-0.15, -0.1) is 0 Å². The van der Waals surface area contributed by atoms with Crippen LogP contribution in [0.3, 0.4) is 0 Å². The summed E-state index contributed by atoms with van der Waals surface area (Å²) in [4.78, 5) is 1.54. The van der Waals surface area contributed by atoms with E-state index in [1.165, 1.54) is 21.0 Å². The highest BCUT2D eigenvalue weighted by Gasteiger charge is 2.24. The van der Waals surface area contributed by atoms with Crippen LogP contribution >= 0.6 is 10.9 Å². The Morgan fingerprint density at radius 2 is 1.88 bits per heavy atom. The smallest absolute Gasteiger partial charge is 0.235 e. The molecule has 2 aromatic heterocycles. The summed E-state index contributed by atoms with van der Waals surface area (Å²) in [6, 6.07) is 6.50. The van der Waals surface area contributed by atoms with E-state index in [1.54, 1.807) is 0 Å². The molecule has 16 heavy (non-hydrogen) atoms. The Balaban J connectivity index is 2.86. The van der Waals surface area contributed by atoms with Crippen molar-refractivity contribution in [2.45, 2.75) is 16.8 Å². The number of fused-ring (bicyclic) bond motifs is 1. The van der Waals surface area contributed by atoms with Crippen molar-refractivity contribution in [3.05, 3.63) is 30.0 Å². The van der Waals surface area contributed by atoms with Crippen LogP contribution < -0.4 is 0 Å². The van der Waals surface area contributed by atoms with E-state index in [9.17, 15) is 0 Å². The summed E-state index contributed by atoms with van der Waals surface area (Å²) >= 11 is 0. The van der Waals surface area contributed by atoms with Gasteiger partial charge in [-0.3, -0.25) is 4.40 Å². The third-order valence-electron chi connectivity index (χ3n) is 2.77. The quantitative estimate of drug-likeness (QED) is 0.723. The van der Waals surface area contributed by atoms with Gasteiger partial charge in [0.15, 0.2) is 0 Å². The van der Waals surface area contributed by atoms with Gasteiger partial charge in [0.2, 0.25) is 5.03 Å². The van der Waals surface area contributed by atoms with Gasteiger partial charge >= 0.3 is 0 Å². The number of hydrogen-bond acceptors (Lipinski definition) is 0. The Bertz CT molecular complexity index is 467. The van der Waals surface area contributed by atoms with Crippen LogP contribution in [0.2, 0.25) is 0 Å². The predicted octanol–water partition coefficient (Wildman–Crippen LogP) is 3.37. The van der Waals surface area contributed by atoms with E-state index < -0.39 is 0 Å². The molecule has 0 fully saturated rings. The molecule has 0 unspecified atom stereocenters. The molecule has 2 rings (SSSR count). The molecule has 0 aliphatic rings. The standard InChI is InChI=1S/C13H19NS2/c1-10-12(15(2)3)11-8-6-7-9-14(11)13(10)16(4)5/h6-9H,1-5H3/q+1. The Morgan fingerprint density at radius 3 is 2.44 bits per heavy atom. The van der Waals surface area contributed by atoms with Crippen LogP contribution in [0.25, 0.3) is 5.52 Å². The Kier molecular flexibility index (Phi) is 3.27. The number of rotatable bonds is 2. The lowest BCUT2D eigenvalue weighted by atomic mass is 10.3. The SMILES string of the molecule is Cc1c([S](C)C)c2ccccn2c1[S+](C)C. The van der Waals surface area contributed by atoms with Crippen molar-refractivity contribution >= 4 is 27.3 Å². The lowest BCUT2D eigenvalue weighted by Crippen LogP contribution is -2.01. The summed E-state index contributed by atoms with van der Waals surface area (Å²) in [5.74, 6) is 0. The first kappa shape index (κ1) is 11.9. The van der Waals surface area contributed by atoms with Crippen LogP contribution in [0, 0.1) is 6.92 Å². The van der Waals surface area contributed by atoms with Gasteiger partial charge in [0.25, 0.3) is 0 Å². The molecule has 2 heterocycles. The molecule has 0 aromatic carbocycles.